The Balaban J connectivity index is 1.23. The number of allylic oxidation sites excluding steroid dienone is 2. The van der Waals surface area contributed by atoms with E-state index in [9.17, 15) is 0 Å². The minimum Gasteiger partial charge on any atom is -0.491 e. The summed E-state index contributed by atoms with van der Waals surface area (Å²) in [5.41, 5.74) is 4.07. The van der Waals surface area contributed by atoms with E-state index in [0.717, 1.165) is 44.0 Å². The van der Waals surface area contributed by atoms with Crippen LogP contribution in [0.5, 0.6) is 11.5 Å². The molecule has 2 fully saturated rings. The first-order valence-corrected chi connectivity index (χ1v) is 13.7. The third kappa shape index (κ3) is 7.11. The number of ether oxygens (including phenoxy) is 4. The molecule has 4 heteroatoms. The summed E-state index contributed by atoms with van der Waals surface area (Å²) in [6.07, 6.45) is 15.2. The van der Waals surface area contributed by atoms with Gasteiger partial charge < -0.3 is 18.9 Å². The highest BCUT2D eigenvalue weighted by atomic mass is 16.6. The first-order chi connectivity index (χ1) is 17.3. The maximum Gasteiger partial charge on any atom is 0.126 e. The van der Waals surface area contributed by atoms with Gasteiger partial charge in [0, 0.05) is 17.4 Å². The van der Waals surface area contributed by atoms with Crippen LogP contribution in [0.3, 0.4) is 0 Å². The monoisotopic (exact) mass is 476 g/mol. The summed E-state index contributed by atoms with van der Waals surface area (Å²) >= 11 is 0. The van der Waals surface area contributed by atoms with Gasteiger partial charge in [-0.2, -0.15) is 0 Å². The fourth-order valence-corrected chi connectivity index (χ4v) is 5.05. The molecule has 4 unspecified atom stereocenters. The molecule has 3 aliphatic rings. The van der Waals surface area contributed by atoms with Crippen LogP contribution in [0.25, 0.3) is 0 Å². The second-order valence-electron chi connectivity index (χ2n) is 10.3. The molecule has 0 spiro atoms. The molecule has 0 saturated carbocycles. The van der Waals surface area contributed by atoms with E-state index >= 15 is 0 Å². The molecule has 4 atom stereocenters. The number of epoxide rings is 2. The zero-order valence-electron chi connectivity index (χ0n) is 21.1. The predicted octanol–water partition coefficient (Wildman–Crippen LogP) is 6.97. The normalized spacial score (nSPS) is 24.8. The van der Waals surface area contributed by atoms with Crippen molar-refractivity contribution in [1.82, 2.24) is 0 Å². The van der Waals surface area contributed by atoms with Gasteiger partial charge in [-0.3, -0.25) is 0 Å². The van der Waals surface area contributed by atoms with Crippen LogP contribution >= 0.6 is 0 Å². The largest absolute Gasteiger partial charge is 0.491 e. The highest BCUT2D eigenvalue weighted by Crippen LogP contribution is 2.40. The summed E-state index contributed by atoms with van der Waals surface area (Å²) in [7, 11) is 0. The number of aryl methyl sites for hydroxylation is 1. The highest BCUT2D eigenvalue weighted by Gasteiger charge is 2.27. The molecular formula is C31H40O4. The van der Waals surface area contributed by atoms with Gasteiger partial charge >= 0.3 is 0 Å². The zero-order chi connectivity index (χ0) is 23.9. The molecule has 2 saturated heterocycles. The summed E-state index contributed by atoms with van der Waals surface area (Å²) in [5.74, 6) is 2.91. The van der Waals surface area contributed by atoms with E-state index in [0.29, 0.717) is 25.0 Å². The van der Waals surface area contributed by atoms with Gasteiger partial charge in [0.2, 0.25) is 0 Å². The molecule has 0 aromatic heterocycles. The van der Waals surface area contributed by atoms with Crippen molar-refractivity contribution in [2.45, 2.75) is 82.3 Å². The Morgan fingerprint density at radius 1 is 0.771 bits per heavy atom. The summed E-state index contributed by atoms with van der Waals surface area (Å²) in [6, 6.07) is 15.4. The quantitative estimate of drug-likeness (QED) is 0.168. The number of rotatable bonds is 14. The second kappa shape index (κ2) is 12.1. The maximum absolute atomic E-state index is 6.41. The Morgan fingerprint density at radius 2 is 1.46 bits per heavy atom. The smallest absolute Gasteiger partial charge is 0.126 e. The summed E-state index contributed by atoms with van der Waals surface area (Å²) < 4.78 is 22.9. The molecule has 188 valence electrons. The van der Waals surface area contributed by atoms with Crippen LogP contribution in [0, 0.1) is 0 Å². The van der Waals surface area contributed by atoms with Gasteiger partial charge in [0.05, 0.1) is 13.2 Å². The maximum atomic E-state index is 6.41. The Morgan fingerprint density at radius 3 is 2.14 bits per heavy atom. The van der Waals surface area contributed by atoms with Crippen LogP contribution in [0.4, 0.5) is 0 Å². The van der Waals surface area contributed by atoms with Crippen LogP contribution in [-0.2, 0) is 15.9 Å². The van der Waals surface area contributed by atoms with Crippen molar-refractivity contribution in [3.63, 3.8) is 0 Å². The Labute approximate surface area is 210 Å². The Bertz CT molecular complexity index is 958. The minimum atomic E-state index is 0.274. The molecule has 2 aliphatic heterocycles. The van der Waals surface area contributed by atoms with Crippen LogP contribution in [0.2, 0.25) is 0 Å². The van der Waals surface area contributed by atoms with Gasteiger partial charge in [-0.05, 0) is 48.9 Å². The number of benzene rings is 2. The van der Waals surface area contributed by atoms with Gasteiger partial charge in [0.25, 0.3) is 0 Å². The van der Waals surface area contributed by atoms with E-state index in [1.54, 1.807) is 0 Å². The molecule has 2 aromatic rings. The molecule has 1 aliphatic carbocycles. The average Bonchev–Trinajstić information content (AvgIpc) is 3.82. The lowest BCUT2D eigenvalue weighted by atomic mass is 9.80. The van der Waals surface area contributed by atoms with Gasteiger partial charge in [0.15, 0.2) is 0 Å². The number of para-hydroxylation sites is 1. The first-order valence-electron chi connectivity index (χ1n) is 13.7. The van der Waals surface area contributed by atoms with Crippen LogP contribution in [-0.4, -0.2) is 38.6 Å². The van der Waals surface area contributed by atoms with Crippen molar-refractivity contribution in [2.24, 2.45) is 0 Å². The topological polar surface area (TPSA) is 43.5 Å². The number of hydrogen-bond acceptors (Lipinski definition) is 4. The van der Waals surface area contributed by atoms with E-state index in [-0.39, 0.29) is 12.2 Å². The molecule has 0 radical (unpaired) electrons. The standard InChI is InChI=1S/C31H40O4/c1-2-3-4-5-6-8-26-9-7-10-30(31(26)35-22-29-21-34-29)25-13-11-23(12-14-25)24-15-17-27(18-16-24)32-19-28-20-33-28/h7,9-11,13,15-18,23,25,28-29H,2-6,8,12,14,19-22H2,1H3. The minimum absolute atomic E-state index is 0.274. The molecule has 0 N–H and O–H groups in total. The van der Waals surface area contributed by atoms with Crippen LogP contribution in [0.1, 0.15) is 80.4 Å². The average molecular weight is 477 g/mol. The van der Waals surface area contributed by atoms with Crippen molar-refractivity contribution < 1.29 is 18.9 Å². The number of hydrogen-bond donors (Lipinski definition) is 0. The third-order valence-corrected chi connectivity index (χ3v) is 7.40. The number of unbranched alkanes of at least 4 members (excludes halogenated alkanes) is 4. The van der Waals surface area contributed by atoms with E-state index < -0.39 is 0 Å². The van der Waals surface area contributed by atoms with Gasteiger partial charge in [-0.1, -0.05) is 75.1 Å². The van der Waals surface area contributed by atoms with Crippen LogP contribution < -0.4 is 9.47 Å². The van der Waals surface area contributed by atoms with Crippen molar-refractivity contribution in [3.8, 4) is 11.5 Å². The van der Waals surface area contributed by atoms with E-state index in [1.165, 1.54) is 48.8 Å². The van der Waals surface area contributed by atoms with Gasteiger partial charge in [0.1, 0.15) is 36.9 Å². The molecular weight excluding hydrogens is 436 g/mol. The van der Waals surface area contributed by atoms with Gasteiger partial charge in [-0.15, -0.1) is 0 Å². The van der Waals surface area contributed by atoms with Crippen molar-refractivity contribution in [2.75, 3.05) is 26.4 Å². The predicted molar refractivity (Wildman–Crippen MR) is 140 cm³/mol. The molecule has 5 rings (SSSR count). The molecule has 2 heterocycles. The van der Waals surface area contributed by atoms with Crippen molar-refractivity contribution in [3.05, 3.63) is 71.3 Å². The van der Waals surface area contributed by atoms with Crippen molar-refractivity contribution in [1.29, 1.82) is 0 Å². The van der Waals surface area contributed by atoms with Gasteiger partial charge in [-0.25, -0.2) is 0 Å². The lowest BCUT2D eigenvalue weighted by molar-refractivity contribution is 0.258. The van der Waals surface area contributed by atoms with Crippen molar-refractivity contribution >= 4 is 0 Å². The van der Waals surface area contributed by atoms with E-state index in [4.69, 9.17) is 18.9 Å². The molecule has 0 bridgehead atoms. The lowest BCUT2D eigenvalue weighted by Crippen LogP contribution is -2.12. The fraction of sp³-hybridized carbons (Fsp3) is 0.548. The second-order valence-corrected chi connectivity index (χ2v) is 10.3. The Hall–Kier alpha value is -2.30. The van der Waals surface area contributed by atoms with E-state index in [1.807, 2.05) is 0 Å². The van der Waals surface area contributed by atoms with Crippen LogP contribution in [0.15, 0.2) is 54.6 Å². The Kier molecular flexibility index (Phi) is 8.43. The summed E-state index contributed by atoms with van der Waals surface area (Å²) in [5, 5.41) is 0. The zero-order valence-corrected chi connectivity index (χ0v) is 21.1. The fourth-order valence-electron chi connectivity index (χ4n) is 5.05. The highest BCUT2D eigenvalue weighted by molar-refractivity contribution is 5.46. The molecule has 0 amide bonds. The third-order valence-electron chi connectivity index (χ3n) is 7.40. The lowest BCUT2D eigenvalue weighted by Gasteiger charge is -2.26. The SMILES string of the molecule is CCCCCCCc1cccc(C2C=CC(c3ccc(OCC4CO4)cc3)CC2)c1OCC1CO1. The summed E-state index contributed by atoms with van der Waals surface area (Å²) in [6.45, 7) is 5.25. The summed E-state index contributed by atoms with van der Waals surface area (Å²) in [4.78, 5) is 0. The molecule has 4 nitrogen and oxygen atoms in total. The molecule has 2 aromatic carbocycles. The first kappa shape index (κ1) is 24.4. The molecule has 35 heavy (non-hydrogen) atoms. The van der Waals surface area contributed by atoms with E-state index in [2.05, 4.69) is 61.5 Å².